The van der Waals surface area contributed by atoms with Crippen LogP contribution in [-0.2, 0) is 0 Å². The Hall–Kier alpha value is -3.63. The fourth-order valence-electron chi connectivity index (χ4n) is 5.34. The van der Waals surface area contributed by atoms with Gasteiger partial charge in [0.05, 0.1) is 37.3 Å². The summed E-state index contributed by atoms with van der Waals surface area (Å²) in [5.41, 5.74) is 2.03. The molecule has 1 fully saturated rings. The van der Waals surface area contributed by atoms with E-state index >= 15 is 0 Å². The van der Waals surface area contributed by atoms with Gasteiger partial charge in [-0.3, -0.25) is 20.2 Å². The summed E-state index contributed by atoms with van der Waals surface area (Å²) in [7, 11) is 0. The topological polar surface area (TPSA) is 136 Å². The van der Waals surface area contributed by atoms with E-state index in [9.17, 15) is 30.1 Å². The number of carboxylic acid groups (broad SMARTS) is 1. The molecule has 1 saturated carbocycles. The Morgan fingerprint density at radius 1 is 0.972 bits per heavy atom. The zero-order valence-corrected chi connectivity index (χ0v) is 20.2. The van der Waals surface area contributed by atoms with E-state index in [1.807, 2.05) is 0 Å². The normalized spacial score (nSPS) is 24.3. The highest BCUT2D eigenvalue weighted by Gasteiger charge is 2.51. The molecule has 2 N–H and O–H groups in total. The van der Waals surface area contributed by atoms with Crippen molar-refractivity contribution in [2.24, 2.45) is 5.92 Å². The van der Waals surface area contributed by atoms with Crippen LogP contribution in [0.15, 0.2) is 71.6 Å². The van der Waals surface area contributed by atoms with Crippen molar-refractivity contribution in [2.45, 2.75) is 33.9 Å². The predicted molar refractivity (Wildman–Crippen MR) is 136 cm³/mol. The minimum Gasteiger partial charge on any atom is -0.478 e. The fraction of sp³-hybridized carbons (Fsp3) is 0.240. The van der Waals surface area contributed by atoms with E-state index in [0.717, 1.165) is 5.56 Å². The number of nitro benzene ring substituents is 2. The van der Waals surface area contributed by atoms with Crippen molar-refractivity contribution in [2.75, 3.05) is 5.32 Å². The minimum atomic E-state index is -1.06. The summed E-state index contributed by atoms with van der Waals surface area (Å²) >= 11 is 8.37. The second-order valence-electron chi connectivity index (χ2n) is 8.80. The van der Waals surface area contributed by atoms with Gasteiger partial charge in [0.15, 0.2) is 0 Å². The van der Waals surface area contributed by atoms with E-state index in [-0.39, 0.29) is 34.0 Å². The van der Waals surface area contributed by atoms with Crippen LogP contribution >= 0.6 is 23.4 Å². The van der Waals surface area contributed by atoms with Crippen molar-refractivity contribution >= 4 is 46.4 Å². The molecule has 184 valence electrons. The number of carbonyl (C=O) groups is 1. The maximum atomic E-state index is 11.8. The lowest BCUT2D eigenvalue weighted by Crippen LogP contribution is -2.31. The van der Waals surface area contributed by atoms with Gasteiger partial charge in [-0.2, -0.15) is 0 Å². The van der Waals surface area contributed by atoms with E-state index in [1.165, 1.54) is 30.0 Å². The molecule has 0 radical (unpaired) electrons. The molecule has 2 aliphatic rings. The average Bonchev–Trinajstić information content (AvgIpc) is 3.19. The molecule has 0 unspecified atom stereocenters. The van der Waals surface area contributed by atoms with Crippen molar-refractivity contribution in [1.29, 1.82) is 0 Å². The number of nitrogens with zero attached hydrogens (tertiary/aromatic N) is 2. The number of fused-ring (bicyclic) bond motifs is 3. The number of alkyl halides is 1. The highest BCUT2D eigenvalue weighted by atomic mass is 35.5. The molecule has 9 nitrogen and oxygen atoms in total. The molecule has 5 rings (SSSR count). The van der Waals surface area contributed by atoms with Gasteiger partial charge in [-0.25, -0.2) is 4.79 Å². The molecule has 0 bridgehead atoms. The molecule has 3 aromatic rings. The number of anilines is 1. The fourth-order valence-corrected chi connectivity index (χ4v) is 7.29. The van der Waals surface area contributed by atoms with Crippen LogP contribution in [0.25, 0.3) is 0 Å². The molecule has 0 saturated heterocycles. The van der Waals surface area contributed by atoms with Crippen LogP contribution in [0.1, 0.15) is 39.9 Å². The lowest BCUT2D eigenvalue weighted by atomic mass is 9.76. The van der Waals surface area contributed by atoms with Crippen molar-refractivity contribution in [3.63, 3.8) is 0 Å². The molecule has 0 spiro atoms. The molecule has 0 amide bonds. The summed E-state index contributed by atoms with van der Waals surface area (Å²) in [5.74, 6) is -1.58. The Balaban J connectivity index is 1.60. The second kappa shape index (κ2) is 9.44. The number of aromatic carboxylic acids is 1. The molecule has 5 atom stereocenters. The first-order chi connectivity index (χ1) is 17.3. The standard InChI is InChI=1S/C25H20ClN3O6S/c26-23-21(36-20-8-4-3-7-19(20)29(34)35)12-16-22(23)15-11-13(25(30)31)9-10-17(15)27-24(16)14-5-1-2-6-18(14)28(32)33/h1-11,16,21-24,27H,12H2,(H,30,31)/t16-,21+,22-,23+,24-/m1/s1. The van der Waals surface area contributed by atoms with Gasteiger partial charge in [0.1, 0.15) is 0 Å². The molecular weight excluding hydrogens is 506 g/mol. The monoisotopic (exact) mass is 525 g/mol. The van der Waals surface area contributed by atoms with Gasteiger partial charge in [-0.05, 0) is 42.2 Å². The maximum Gasteiger partial charge on any atom is 0.335 e. The minimum absolute atomic E-state index is 0.0109. The molecule has 11 heteroatoms. The number of para-hydroxylation sites is 2. The van der Waals surface area contributed by atoms with Crippen LogP contribution in [0.4, 0.5) is 17.1 Å². The predicted octanol–water partition coefficient (Wildman–Crippen LogP) is 6.24. The van der Waals surface area contributed by atoms with E-state index < -0.39 is 27.2 Å². The molecule has 0 aromatic heterocycles. The summed E-state index contributed by atoms with van der Waals surface area (Å²) < 4.78 is 0. The molecule has 1 aliphatic carbocycles. The SMILES string of the molecule is O=C(O)c1ccc2c(c1)[C@H]1[C@@H](Cl)[C@@H](Sc3ccccc3[N+](=O)[O-])C[C@H]1[C@@H](c1ccccc1[N+](=O)[O-])N2. The zero-order valence-electron chi connectivity index (χ0n) is 18.6. The quantitative estimate of drug-likeness (QED) is 0.219. The lowest BCUT2D eigenvalue weighted by molar-refractivity contribution is -0.387. The van der Waals surface area contributed by atoms with Crippen molar-refractivity contribution in [3.8, 4) is 0 Å². The van der Waals surface area contributed by atoms with Crippen LogP contribution in [-0.4, -0.2) is 31.5 Å². The smallest absolute Gasteiger partial charge is 0.335 e. The summed E-state index contributed by atoms with van der Waals surface area (Å²) in [6.45, 7) is 0. The van der Waals surface area contributed by atoms with Crippen molar-refractivity contribution < 1.29 is 19.7 Å². The largest absolute Gasteiger partial charge is 0.478 e. The van der Waals surface area contributed by atoms with E-state index in [4.69, 9.17) is 11.6 Å². The summed E-state index contributed by atoms with van der Waals surface area (Å²) in [6.07, 6.45) is 0.524. The Morgan fingerprint density at radius 3 is 2.33 bits per heavy atom. The third-order valence-electron chi connectivity index (χ3n) is 6.87. The highest BCUT2D eigenvalue weighted by Crippen LogP contribution is 2.58. The van der Waals surface area contributed by atoms with Crippen molar-refractivity contribution in [3.05, 3.63) is 104 Å². The van der Waals surface area contributed by atoms with Crippen LogP contribution in [0, 0.1) is 26.1 Å². The number of carboxylic acids is 1. The summed E-state index contributed by atoms with van der Waals surface area (Å²) in [6, 6.07) is 17.3. The summed E-state index contributed by atoms with van der Waals surface area (Å²) in [5, 5.41) is 35.6. The van der Waals surface area contributed by atoms with E-state index in [1.54, 1.807) is 48.5 Å². The Kier molecular flexibility index (Phi) is 6.31. The number of hydrogen-bond acceptors (Lipinski definition) is 7. The van der Waals surface area contributed by atoms with Crippen LogP contribution in [0.2, 0.25) is 0 Å². The number of thioether (sulfide) groups is 1. The first-order valence-corrected chi connectivity index (χ1v) is 12.5. The van der Waals surface area contributed by atoms with E-state index in [2.05, 4.69) is 5.32 Å². The van der Waals surface area contributed by atoms with Gasteiger partial charge >= 0.3 is 5.97 Å². The number of nitrogens with one attached hydrogen (secondary N) is 1. The Morgan fingerprint density at radius 2 is 1.64 bits per heavy atom. The first kappa shape index (κ1) is 24.1. The molecule has 36 heavy (non-hydrogen) atoms. The van der Waals surface area contributed by atoms with Gasteiger partial charge in [0.25, 0.3) is 11.4 Å². The van der Waals surface area contributed by atoms with Gasteiger partial charge in [0.2, 0.25) is 0 Å². The number of nitro groups is 2. The van der Waals surface area contributed by atoms with Crippen LogP contribution < -0.4 is 5.32 Å². The van der Waals surface area contributed by atoms with Gasteiger partial charge in [-0.15, -0.1) is 23.4 Å². The number of rotatable bonds is 6. The highest BCUT2D eigenvalue weighted by molar-refractivity contribution is 8.00. The van der Waals surface area contributed by atoms with Gasteiger partial charge in [0, 0.05) is 29.0 Å². The average molecular weight is 526 g/mol. The molecule has 1 aliphatic heterocycles. The van der Waals surface area contributed by atoms with Crippen LogP contribution in [0.5, 0.6) is 0 Å². The van der Waals surface area contributed by atoms with Gasteiger partial charge in [-0.1, -0.05) is 30.3 Å². The maximum absolute atomic E-state index is 11.8. The number of benzene rings is 3. The lowest BCUT2D eigenvalue weighted by Gasteiger charge is -2.38. The zero-order chi connectivity index (χ0) is 25.6. The van der Waals surface area contributed by atoms with E-state index in [0.29, 0.717) is 22.6 Å². The molecular formula is C25H20ClN3O6S. The Labute approximate surface area is 214 Å². The number of halogens is 1. The van der Waals surface area contributed by atoms with Crippen molar-refractivity contribution in [1.82, 2.24) is 0 Å². The summed E-state index contributed by atoms with van der Waals surface area (Å²) in [4.78, 5) is 34.7. The first-order valence-electron chi connectivity index (χ1n) is 11.2. The Bertz CT molecular complexity index is 1390. The molecule has 1 heterocycles. The van der Waals surface area contributed by atoms with Crippen LogP contribution in [0.3, 0.4) is 0 Å². The third-order valence-corrected chi connectivity index (χ3v) is 8.98. The third kappa shape index (κ3) is 4.16. The van der Waals surface area contributed by atoms with Gasteiger partial charge < -0.3 is 10.4 Å². The molecule has 3 aromatic carbocycles. The second-order valence-corrected chi connectivity index (χ2v) is 10.6. The number of hydrogen-bond donors (Lipinski definition) is 2.